The van der Waals surface area contributed by atoms with Crippen LogP contribution in [0.1, 0.15) is 39.2 Å². The van der Waals surface area contributed by atoms with E-state index >= 15 is 0 Å². The second-order valence-corrected chi connectivity index (χ2v) is 8.27. The minimum atomic E-state index is -1.05. The molecule has 0 unspecified atom stereocenters. The van der Waals surface area contributed by atoms with Crippen LogP contribution >= 0.6 is 11.6 Å². The lowest BCUT2D eigenvalue weighted by molar-refractivity contribution is 0.0960. The van der Waals surface area contributed by atoms with E-state index in [1.165, 1.54) is 53.4 Å². The molecule has 0 saturated heterocycles. The summed E-state index contributed by atoms with van der Waals surface area (Å²) in [6, 6.07) is 9.09. The number of hydrogen-bond acceptors (Lipinski definition) is 4. The Balaban J connectivity index is 1.55. The van der Waals surface area contributed by atoms with E-state index in [2.05, 4.69) is 10.6 Å². The summed E-state index contributed by atoms with van der Waals surface area (Å²) in [4.78, 5) is 27.0. The second kappa shape index (κ2) is 7.72. The molecule has 0 saturated carbocycles. The van der Waals surface area contributed by atoms with Gasteiger partial charge < -0.3 is 21.5 Å². The molecule has 33 heavy (non-hydrogen) atoms. The maximum atomic E-state index is 13.9. The SMILES string of the molecule is Nc1cc(NC(=O)N2C[C@H](O)c3cc(F)ccc32)c2c(c1)C(=O)N[C@H]2c1cc(F)ccc1Cl. The molecule has 2 aliphatic heterocycles. The fraction of sp³-hybridized carbons (Fsp3) is 0.130. The van der Waals surface area contributed by atoms with Gasteiger partial charge in [-0.1, -0.05) is 11.6 Å². The van der Waals surface area contributed by atoms with Crippen LogP contribution in [-0.4, -0.2) is 23.6 Å². The lowest BCUT2D eigenvalue weighted by atomic mass is 9.95. The van der Waals surface area contributed by atoms with E-state index in [1.54, 1.807) is 0 Å². The highest BCUT2D eigenvalue weighted by atomic mass is 35.5. The summed E-state index contributed by atoms with van der Waals surface area (Å²) in [7, 11) is 0. The molecule has 2 atom stereocenters. The minimum Gasteiger partial charge on any atom is -0.399 e. The van der Waals surface area contributed by atoms with Gasteiger partial charge in [-0.05, 0) is 48.5 Å². The van der Waals surface area contributed by atoms with Crippen LogP contribution in [0.2, 0.25) is 5.02 Å². The molecule has 0 bridgehead atoms. The lowest BCUT2D eigenvalue weighted by Crippen LogP contribution is -2.34. The van der Waals surface area contributed by atoms with Crippen molar-refractivity contribution >= 4 is 40.6 Å². The molecule has 0 fully saturated rings. The Morgan fingerprint density at radius 1 is 1.12 bits per heavy atom. The van der Waals surface area contributed by atoms with Crippen molar-refractivity contribution in [3.05, 3.63) is 87.4 Å². The number of hydrogen-bond donors (Lipinski definition) is 4. The summed E-state index contributed by atoms with van der Waals surface area (Å²) in [5.41, 5.74) is 8.00. The fourth-order valence-electron chi connectivity index (χ4n) is 4.31. The molecule has 0 aromatic heterocycles. The molecule has 7 nitrogen and oxygen atoms in total. The van der Waals surface area contributed by atoms with Gasteiger partial charge >= 0.3 is 6.03 Å². The Labute approximate surface area is 191 Å². The lowest BCUT2D eigenvalue weighted by Gasteiger charge is -2.22. The number of carbonyl (C=O) groups excluding carboxylic acids is 2. The molecular formula is C23H17ClF2N4O3. The number of amides is 3. The Morgan fingerprint density at radius 3 is 2.58 bits per heavy atom. The quantitative estimate of drug-likeness (QED) is 0.422. The standard InChI is InChI=1S/C23H17ClF2N4O3/c24-16-3-1-10(25)5-13(16)21-20-15(22(32)29-21)7-12(27)8-17(20)28-23(33)30-9-19(31)14-6-11(26)2-4-18(14)30/h1-8,19,21,31H,9,27H2,(H,28,33)(H,29,32)/t19-,21-/m0/s1. The number of anilines is 3. The predicted octanol–water partition coefficient (Wildman–Crippen LogP) is 4.12. The highest BCUT2D eigenvalue weighted by molar-refractivity contribution is 6.31. The van der Waals surface area contributed by atoms with Gasteiger partial charge in [0, 0.05) is 33.0 Å². The van der Waals surface area contributed by atoms with E-state index in [0.29, 0.717) is 22.4 Å². The molecule has 0 aliphatic carbocycles. The number of β-amino-alcohol motifs (C(OH)–C–C–N with tert-alkyl or cyclic N) is 1. The first-order chi connectivity index (χ1) is 15.7. The molecule has 3 amide bonds. The Kier molecular flexibility index (Phi) is 4.95. The third-order valence-corrected chi connectivity index (χ3v) is 6.11. The van der Waals surface area contributed by atoms with Crippen molar-refractivity contribution in [2.24, 2.45) is 0 Å². The van der Waals surface area contributed by atoms with Crippen molar-refractivity contribution in [1.82, 2.24) is 5.32 Å². The van der Waals surface area contributed by atoms with E-state index in [1.807, 2.05) is 0 Å². The number of halogens is 3. The van der Waals surface area contributed by atoms with Crippen LogP contribution in [0.4, 0.5) is 30.6 Å². The molecule has 2 heterocycles. The third-order valence-electron chi connectivity index (χ3n) is 5.76. The number of nitrogens with two attached hydrogens (primary N) is 1. The van der Waals surface area contributed by atoms with Crippen LogP contribution in [0.5, 0.6) is 0 Å². The van der Waals surface area contributed by atoms with E-state index in [-0.39, 0.29) is 28.5 Å². The average molecular weight is 471 g/mol. The van der Waals surface area contributed by atoms with Crippen LogP contribution in [0, 0.1) is 11.6 Å². The average Bonchev–Trinajstić information content (AvgIpc) is 3.27. The summed E-state index contributed by atoms with van der Waals surface area (Å²) in [5, 5.41) is 16.0. The summed E-state index contributed by atoms with van der Waals surface area (Å²) < 4.78 is 27.5. The number of nitrogen functional groups attached to an aromatic ring is 1. The smallest absolute Gasteiger partial charge is 0.326 e. The van der Waals surface area contributed by atoms with Gasteiger partial charge in [0.05, 0.1) is 30.1 Å². The number of urea groups is 1. The topological polar surface area (TPSA) is 108 Å². The van der Waals surface area contributed by atoms with Crippen molar-refractivity contribution < 1.29 is 23.5 Å². The van der Waals surface area contributed by atoms with Gasteiger partial charge in [-0.15, -0.1) is 0 Å². The van der Waals surface area contributed by atoms with Crippen molar-refractivity contribution in [1.29, 1.82) is 0 Å². The van der Waals surface area contributed by atoms with Crippen molar-refractivity contribution in [3.63, 3.8) is 0 Å². The molecule has 3 aromatic rings. The number of nitrogens with zero attached hydrogens (tertiary/aromatic N) is 1. The largest absolute Gasteiger partial charge is 0.399 e. The van der Waals surface area contributed by atoms with Crippen LogP contribution in [-0.2, 0) is 0 Å². The number of aliphatic hydroxyl groups excluding tert-OH is 1. The van der Waals surface area contributed by atoms with E-state index in [0.717, 1.165) is 0 Å². The van der Waals surface area contributed by atoms with Gasteiger partial charge in [0.25, 0.3) is 5.91 Å². The molecule has 0 radical (unpaired) electrons. The van der Waals surface area contributed by atoms with E-state index in [4.69, 9.17) is 17.3 Å². The van der Waals surface area contributed by atoms with Crippen LogP contribution in [0.3, 0.4) is 0 Å². The first kappa shape index (κ1) is 21.2. The predicted molar refractivity (Wildman–Crippen MR) is 119 cm³/mol. The first-order valence-corrected chi connectivity index (χ1v) is 10.4. The van der Waals surface area contributed by atoms with Gasteiger partial charge in [-0.3, -0.25) is 9.69 Å². The van der Waals surface area contributed by atoms with Crippen LogP contribution in [0.25, 0.3) is 0 Å². The number of rotatable bonds is 2. The van der Waals surface area contributed by atoms with Crippen molar-refractivity contribution in [2.45, 2.75) is 12.1 Å². The Bertz CT molecular complexity index is 1330. The van der Waals surface area contributed by atoms with Gasteiger partial charge in [-0.2, -0.15) is 0 Å². The summed E-state index contributed by atoms with van der Waals surface area (Å²) in [6.45, 7) is -0.0779. The summed E-state index contributed by atoms with van der Waals surface area (Å²) in [6.07, 6.45) is -1.05. The maximum absolute atomic E-state index is 13.9. The van der Waals surface area contributed by atoms with Crippen molar-refractivity contribution in [2.75, 3.05) is 22.5 Å². The summed E-state index contributed by atoms with van der Waals surface area (Å²) in [5.74, 6) is -1.51. The highest BCUT2D eigenvalue weighted by Gasteiger charge is 2.36. The highest BCUT2D eigenvalue weighted by Crippen LogP contribution is 2.41. The van der Waals surface area contributed by atoms with Crippen molar-refractivity contribution in [3.8, 4) is 0 Å². The number of aliphatic hydroxyl groups is 1. The minimum absolute atomic E-state index is 0.0779. The third kappa shape index (κ3) is 3.55. The molecule has 0 spiro atoms. The second-order valence-electron chi connectivity index (χ2n) is 7.86. The molecule has 3 aromatic carbocycles. The molecule has 5 rings (SSSR count). The van der Waals surface area contributed by atoms with Gasteiger partial charge in [0.1, 0.15) is 11.6 Å². The normalized spacial score (nSPS) is 18.7. The monoisotopic (exact) mass is 470 g/mol. The zero-order valence-electron chi connectivity index (χ0n) is 16.9. The van der Waals surface area contributed by atoms with Crippen LogP contribution < -0.4 is 21.3 Å². The zero-order valence-corrected chi connectivity index (χ0v) is 17.7. The molecule has 2 aliphatic rings. The molecule has 168 valence electrons. The number of nitrogens with one attached hydrogen (secondary N) is 2. The van der Waals surface area contributed by atoms with E-state index in [9.17, 15) is 23.5 Å². The zero-order chi connectivity index (χ0) is 23.4. The van der Waals surface area contributed by atoms with Gasteiger partial charge in [-0.25, -0.2) is 13.6 Å². The van der Waals surface area contributed by atoms with Gasteiger partial charge in [0.15, 0.2) is 0 Å². The molecule has 5 N–H and O–H groups in total. The first-order valence-electron chi connectivity index (χ1n) is 9.98. The molecular weight excluding hydrogens is 454 g/mol. The number of fused-ring (bicyclic) bond motifs is 2. The maximum Gasteiger partial charge on any atom is 0.326 e. The Hall–Kier alpha value is -3.69. The summed E-state index contributed by atoms with van der Waals surface area (Å²) >= 11 is 6.27. The van der Waals surface area contributed by atoms with Crippen LogP contribution in [0.15, 0.2) is 48.5 Å². The molecule has 10 heteroatoms. The van der Waals surface area contributed by atoms with E-state index < -0.39 is 35.7 Å². The number of carbonyl (C=O) groups is 2. The number of benzene rings is 3. The Morgan fingerprint density at radius 2 is 1.82 bits per heavy atom. The van der Waals surface area contributed by atoms with Gasteiger partial charge in [0.2, 0.25) is 0 Å². The fourth-order valence-corrected chi connectivity index (χ4v) is 4.54.